The van der Waals surface area contributed by atoms with E-state index in [-0.39, 0.29) is 23.9 Å². The Labute approximate surface area is 309 Å². The Balaban J connectivity index is 0.000000332. The first-order valence-corrected chi connectivity index (χ1v) is 18.6. The van der Waals surface area contributed by atoms with Crippen LogP contribution in [0.3, 0.4) is 0 Å². The van der Waals surface area contributed by atoms with Gasteiger partial charge < -0.3 is 24.0 Å². The molecule has 10 heteroatoms. The first-order chi connectivity index (χ1) is 24.7. The summed E-state index contributed by atoms with van der Waals surface area (Å²) in [5, 5.41) is 0. The molecular weight excluding hydrogens is 672 g/mol. The van der Waals surface area contributed by atoms with E-state index in [1.165, 1.54) is 31.5 Å². The molecule has 290 valence electrons. The molecule has 0 amide bonds. The SMILES string of the molecule is CC.CCC.CCOc1cc(C)cc(COC)c1-c1ccc(F)cc1.Cc1ccc(N2CCC3(CCCCN(C)CC3)OC(=O)C2)cc1C(F)(F)F. The second-order valence-corrected chi connectivity index (χ2v) is 13.2. The minimum atomic E-state index is -4.40. The van der Waals surface area contributed by atoms with Gasteiger partial charge in [0.1, 0.15) is 23.7 Å². The van der Waals surface area contributed by atoms with Gasteiger partial charge in [0.15, 0.2) is 0 Å². The van der Waals surface area contributed by atoms with Crippen molar-refractivity contribution in [3.8, 4) is 16.9 Å². The highest BCUT2D eigenvalue weighted by Gasteiger charge is 2.39. The van der Waals surface area contributed by atoms with Gasteiger partial charge in [0.05, 0.1) is 18.8 Å². The lowest BCUT2D eigenvalue weighted by Crippen LogP contribution is -2.40. The summed E-state index contributed by atoms with van der Waals surface area (Å²) >= 11 is 0. The highest BCUT2D eigenvalue weighted by atomic mass is 19.4. The van der Waals surface area contributed by atoms with Crippen molar-refractivity contribution in [1.82, 2.24) is 4.90 Å². The molecule has 0 aromatic heterocycles. The molecule has 52 heavy (non-hydrogen) atoms. The van der Waals surface area contributed by atoms with E-state index >= 15 is 0 Å². The van der Waals surface area contributed by atoms with Gasteiger partial charge in [0.25, 0.3) is 0 Å². The van der Waals surface area contributed by atoms with Crippen molar-refractivity contribution in [3.05, 3.63) is 82.7 Å². The van der Waals surface area contributed by atoms with Crippen LogP contribution in [0, 0.1) is 19.7 Å². The van der Waals surface area contributed by atoms with E-state index in [0.29, 0.717) is 31.9 Å². The maximum Gasteiger partial charge on any atom is 0.416 e. The number of methoxy groups -OCH3 is 1. The summed E-state index contributed by atoms with van der Waals surface area (Å²) in [5.74, 6) is 0.211. The van der Waals surface area contributed by atoms with Crippen LogP contribution >= 0.6 is 0 Å². The summed E-state index contributed by atoms with van der Waals surface area (Å²) in [6.07, 6.45) is 1.12. The van der Waals surface area contributed by atoms with Gasteiger partial charge >= 0.3 is 12.1 Å². The first kappa shape index (κ1) is 44.5. The average molecular weight is 733 g/mol. The van der Waals surface area contributed by atoms with Crippen LogP contribution in [-0.4, -0.2) is 63.4 Å². The van der Waals surface area contributed by atoms with Gasteiger partial charge in [-0.25, -0.2) is 4.39 Å². The van der Waals surface area contributed by atoms with E-state index in [2.05, 4.69) is 31.9 Å². The van der Waals surface area contributed by atoms with E-state index in [9.17, 15) is 22.4 Å². The van der Waals surface area contributed by atoms with Crippen LogP contribution in [0.5, 0.6) is 5.75 Å². The zero-order valence-corrected chi connectivity index (χ0v) is 32.7. The summed E-state index contributed by atoms with van der Waals surface area (Å²) in [4.78, 5) is 16.4. The highest BCUT2D eigenvalue weighted by Crippen LogP contribution is 2.38. The standard InChI is InChI=1S/C20H27F3N2O2.C17H19FO2.C3H8.C2H6/c1-15-5-6-16(13-17(15)20(21,22)23)25-12-9-19(27-18(26)14-25)7-3-4-10-24(2)11-8-19;1-4-20-16-10-12(2)9-14(11-19-3)17(16)13-5-7-15(18)8-6-13;1-3-2;1-2/h5-6,13H,3-4,7-12,14H2,1-2H3;5-10H,4,11H2,1-3H3;3H2,1-2H3;1-2H3. The monoisotopic (exact) mass is 732 g/mol. The van der Waals surface area contributed by atoms with Crippen molar-refractivity contribution in [1.29, 1.82) is 0 Å². The van der Waals surface area contributed by atoms with Crippen LogP contribution in [0.2, 0.25) is 0 Å². The number of hydrogen-bond acceptors (Lipinski definition) is 6. The molecule has 2 fully saturated rings. The van der Waals surface area contributed by atoms with Gasteiger partial charge in [-0.2, -0.15) is 13.2 Å². The minimum Gasteiger partial charge on any atom is -0.493 e. The van der Waals surface area contributed by atoms with Crippen LogP contribution in [0.25, 0.3) is 11.1 Å². The molecule has 1 atom stereocenters. The summed E-state index contributed by atoms with van der Waals surface area (Å²) < 4.78 is 69.7. The highest BCUT2D eigenvalue weighted by molar-refractivity contribution is 5.77. The maximum atomic E-state index is 13.2. The molecule has 6 nitrogen and oxygen atoms in total. The molecule has 0 saturated carbocycles. The number of carbonyl (C=O) groups excluding carboxylic acids is 1. The molecule has 2 heterocycles. The Morgan fingerprint density at radius 1 is 0.885 bits per heavy atom. The molecule has 1 spiro atoms. The Bertz CT molecular complexity index is 1490. The molecule has 2 aliphatic heterocycles. The van der Waals surface area contributed by atoms with E-state index in [4.69, 9.17) is 14.2 Å². The fourth-order valence-corrected chi connectivity index (χ4v) is 6.35. The molecule has 2 saturated heterocycles. The van der Waals surface area contributed by atoms with Crippen molar-refractivity contribution in [2.45, 2.75) is 105 Å². The number of likely N-dealkylation sites (tertiary alicyclic amines) is 1. The number of benzene rings is 3. The van der Waals surface area contributed by atoms with Crippen LogP contribution < -0.4 is 9.64 Å². The zero-order valence-electron chi connectivity index (χ0n) is 32.7. The van der Waals surface area contributed by atoms with Crippen molar-refractivity contribution in [3.63, 3.8) is 0 Å². The molecule has 5 rings (SSSR count). The molecule has 1 unspecified atom stereocenters. The third kappa shape index (κ3) is 13.4. The second kappa shape index (κ2) is 21.8. The van der Waals surface area contributed by atoms with Gasteiger partial charge in [-0.15, -0.1) is 0 Å². The average Bonchev–Trinajstić information content (AvgIpc) is 3.26. The second-order valence-electron chi connectivity index (χ2n) is 13.2. The van der Waals surface area contributed by atoms with E-state index in [1.54, 1.807) is 30.2 Å². The van der Waals surface area contributed by atoms with E-state index in [0.717, 1.165) is 72.8 Å². The number of ether oxygens (including phenoxy) is 3. The van der Waals surface area contributed by atoms with Crippen LogP contribution in [0.1, 0.15) is 95.4 Å². The first-order valence-electron chi connectivity index (χ1n) is 18.6. The smallest absolute Gasteiger partial charge is 0.416 e. The lowest BCUT2D eigenvalue weighted by atomic mass is 9.87. The number of aryl methyl sites for hydroxylation is 2. The fraction of sp³-hybridized carbons (Fsp3) is 0.548. The van der Waals surface area contributed by atoms with Crippen molar-refractivity contribution < 1.29 is 36.6 Å². The van der Waals surface area contributed by atoms with Gasteiger partial charge in [0.2, 0.25) is 0 Å². The molecule has 2 aliphatic rings. The molecule has 3 aromatic rings. The predicted molar refractivity (Wildman–Crippen MR) is 204 cm³/mol. The Hall–Kier alpha value is -3.63. The summed E-state index contributed by atoms with van der Waals surface area (Å²) in [7, 11) is 3.73. The number of anilines is 1. The van der Waals surface area contributed by atoms with E-state index in [1.807, 2.05) is 33.8 Å². The zero-order chi connectivity index (χ0) is 38.9. The summed E-state index contributed by atoms with van der Waals surface area (Å²) in [6.45, 7) is 17.1. The number of rotatable bonds is 6. The van der Waals surface area contributed by atoms with Crippen LogP contribution in [0.4, 0.5) is 23.2 Å². The normalized spacial score (nSPS) is 17.9. The van der Waals surface area contributed by atoms with Crippen molar-refractivity contribution in [2.75, 3.05) is 51.8 Å². The molecule has 3 aromatic carbocycles. The van der Waals surface area contributed by atoms with Crippen LogP contribution in [0.15, 0.2) is 54.6 Å². The number of hydrogen-bond donors (Lipinski definition) is 0. The van der Waals surface area contributed by atoms with Crippen molar-refractivity contribution in [2.24, 2.45) is 0 Å². The van der Waals surface area contributed by atoms with Gasteiger partial charge in [-0.05, 0) is 113 Å². The maximum absolute atomic E-state index is 13.2. The lowest BCUT2D eigenvalue weighted by molar-refractivity contribution is -0.159. The lowest BCUT2D eigenvalue weighted by Gasteiger charge is -2.36. The number of nitrogens with zero attached hydrogens (tertiary/aromatic N) is 2. The third-order valence-electron chi connectivity index (χ3n) is 8.81. The predicted octanol–water partition coefficient (Wildman–Crippen LogP) is 10.8. The Kier molecular flexibility index (Phi) is 18.7. The molecule has 0 radical (unpaired) electrons. The molecule has 0 bridgehead atoms. The molecule has 0 N–H and O–H groups in total. The van der Waals surface area contributed by atoms with E-state index < -0.39 is 17.3 Å². The van der Waals surface area contributed by atoms with Crippen LogP contribution in [-0.2, 0) is 27.1 Å². The minimum absolute atomic E-state index is 0.0159. The Morgan fingerprint density at radius 3 is 2.15 bits per heavy atom. The summed E-state index contributed by atoms with van der Waals surface area (Å²) in [5.41, 5.74) is 3.51. The largest absolute Gasteiger partial charge is 0.493 e. The fourth-order valence-electron chi connectivity index (χ4n) is 6.35. The van der Waals surface area contributed by atoms with Gasteiger partial charge in [-0.3, -0.25) is 4.79 Å². The van der Waals surface area contributed by atoms with Gasteiger partial charge in [-0.1, -0.05) is 58.4 Å². The number of esters is 1. The Morgan fingerprint density at radius 2 is 1.54 bits per heavy atom. The number of carbonyl (C=O) groups is 1. The molecule has 0 aliphatic carbocycles. The quantitative estimate of drug-likeness (QED) is 0.186. The van der Waals surface area contributed by atoms with Gasteiger partial charge in [0, 0.05) is 37.9 Å². The molecular formula is C42H60F4N2O4. The number of halogens is 4. The topological polar surface area (TPSA) is 51.2 Å². The summed E-state index contributed by atoms with van der Waals surface area (Å²) in [6, 6.07) is 14.8. The van der Waals surface area contributed by atoms with Crippen molar-refractivity contribution >= 4 is 11.7 Å². The number of alkyl halides is 3. The third-order valence-corrected chi connectivity index (χ3v) is 8.81.